The van der Waals surface area contributed by atoms with Gasteiger partial charge in [0.15, 0.2) is 0 Å². The van der Waals surface area contributed by atoms with E-state index in [9.17, 15) is 5.11 Å². The van der Waals surface area contributed by atoms with E-state index in [-0.39, 0.29) is 5.75 Å². The monoisotopic (exact) mass is 272 g/mol. The molecule has 3 nitrogen and oxygen atoms in total. The average molecular weight is 273 g/mol. The predicted molar refractivity (Wildman–Crippen MR) is 77.5 cm³/mol. The Labute approximate surface area is 116 Å². The van der Waals surface area contributed by atoms with Crippen LogP contribution in [0.15, 0.2) is 42.5 Å². The molecular formula is C15H13ClN2O. The maximum Gasteiger partial charge on any atom is 0.144 e. The lowest BCUT2D eigenvalue weighted by Gasteiger charge is -2.08. The van der Waals surface area contributed by atoms with Gasteiger partial charge in [0.2, 0.25) is 0 Å². The molecule has 3 rings (SSSR count). The van der Waals surface area contributed by atoms with Gasteiger partial charge in [0, 0.05) is 11.6 Å². The molecule has 4 heteroatoms. The molecule has 3 aromatic rings. The fourth-order valence-corrected chi connectivity index (χ4v) is 2.46. The van der Waals surface area contributed by atoms with Crippen LogP contribution in [0, 0.1) is 0 Å². The van der Waals surface area contributed by atoms with Crippen LogP contribution in [0.25, 0.3) is 22.4 Å². The highest BCUT2D eigenvalue weighted by molar-refractivity contribution is 6.30. The van der Waals surface area contributed by atoms with Crippen molar-refractivity contribution in [2.24, 2.45) is 0 Å². The van der Waals surface area contributed by atoms with E-state index in [1.165, 1.54) is 6.07 Å². The molecule has 1 N–H and O–H groups in total. The zero-order chi connectivity index (χ0) is 13.4. The summed E-state index contributed by atoms with van der Waals surface area (Å²) in [5, 5.41) is 10.6. The van der Waals surface area contributed by atoms with Crippen molar-refractivity contribution in [3.8, 4) is 17.1 Å². The lowest BCUT2D eigenvalue weighted by atomic mass is 10.2. The molecule has 0 aliphatic rings. The Balaban J connectivity index is 2.30. The first-order chi connectivity index (χ1) is 9.20. The molecule has 0 spiro atoms. The first-order valence-corrected chi connectivity index (χ1v) is 6.52. The third kappa shape index (κ3) is 1.96. The van der Waals surface area contributed by atoms with Gasteiger partial charge in [0.05, 0.1) is 16.6 Å². The molecule has 0 unspecified atom stereocenters. The molecule has 1 heterocycles. The number of imidazole rings is 1. The van der Waals surface area contributed by atoms with Crippen molar-refractivity contribution in [1.29, 1.82) is 0 Å². The van der Waals surface area contributed by atoms with E-state index in [1.807, 2.05) is 24.3 Å². The fraction of sp³-hybridized carbons (Fsp3) is 0.133. The minimum absolute atomic E-state index is 0.150. The SMILES string of the molecule is CCn1c(-c2ccc(Cl)cc2O)nc2ccccc21. The Hall–Kier alpha value is -2.00. The molecule has 0 radical (unpaired) electrons. The number of hydrogen-bond acceptors (Lipinski definition) is 2. The molecule has 96 valence electrons. The van der Waals surface area contributed by atoms with Crippen LogP contribution in [-0.2, 0) is 6.54 Å². The second kappa shape index (κ2) is 4.59. The molecule has 0 amide bonds. The molecule has 1 aromatic heterocycles. The number of phenolic OH excluding ortho intramolecular Hbond substituents is 1. The summed E-state index contributed by atoms with van der Waals surface area (Å²) in [4.78, 5) is 4.60. The van der Waals surface area contributed by atoms with Gasteiger partial charge in [-0.05, 0) is 37.3 Å². The smallest absolute Gasteiger partial charge is 0.144 e. The number of aromatic hydroxyl groups is 1. The molecule has 0 aliphatic heterocycles. The topological polar surface area (TPSA) is 38.0 Å². The summed E-state index contributed by atoms with van der Waals surface area (Å²) >= 11 is 5.87. The third-order valence-electron chi connectivity index (χ3n) is 3.17. The van der Waals surface area contributed by atoms with Crippen LogP contribution >= 0.6 is 11.6 Å². The number of fused-ring (bicyclic) bond motifs is 1. The van der Waals surface area contributed by atoms with Gasteiger partial charge in [-0.15, -0.1) is 0 Å². The van der Waals surface area contributed by atoms with Crippen LogP contribution in [0.1, 0.15) is 6.92 Å². The highest BCUT2D eigenvalue weighted by Gasteiger charge is 2.14. The highest BCUT2D eigenvalue weighted by atomic mass is 35.5. The normalized spacial score (nSPS) is 11.1. The quantitative estimate of drug-likeness (QED) is 0.763. The number of rotatable bonds is 2. The Bertz CT molecular complexity index is 749. The van der Waals surface area contributed by atoms with Gasteiger partial charge in [0.1, 0.15) is 11.6 Å². The number of nitrogens with zero attached hydrogens (tertiary/aromatic N) is 2. The zero-order valence-corrected chi connectivity index (χ0v) is 11.2. The molecule has 0 aliphatic carbocycles. The van der Waals surface area contributed by atoms with Crippen LogP contribution in [-0.4, -0.2) is 14.7 Å². The highest BCUT2D eigenvalue weighted by Crippen LogP contribution is 2.32. The summed E-state index contributed by atoms with van der Waals surface area (Å²) < 4.78 is 2.08. The molecule has 0 bridgehead atoms. The van der Waals surface area contributed by atoms with E-state index in [1.54, 1.807) is 12.1 Å². The second-order valence-electron chi connectivity index (χ2n) is 4.33. The lowest BCUT2D eigenvalue weighted by Crippen LogP contribution is -1.97. The minimum Gasteiger partial charge on any atom is -0.507 e. The van der Waals surface area contributed by atoms with E-state index < -0.39 is 0 Å². The zero-order valence-electron chi connectivity index (χ0n) is 10.5. The third-order valence-corrected chi connectivity index (χ3v) is 3.41. The van der Waals surface area contributed by atoms with Gasteiger partial charge in [-0.25, -0.2) is 4.98 Å². The van der Waals surface area contributed by atoms with E-state index in [0.717, 1.165) is 23.4 Å². The summed E-state index contributed by atoms with van der Waals surface area (Å²) in [7, 11) is 0. The summed E-state index contributed by atoms with van der Waals surface area (Å²) in [6.07, 6.45) is 0. The number of aryl methyl sites for hydroxylation is 1. The maximum absolute atomic E-state index is 10.1. The van der Waals surface area contributed by atoms with E-state index >= 15 is 0 Å². The maximum atomic E-state index is 10.1. The first-order valence-electron chi connectivity index (χ1n) is 6.15. The Kier molecular flexibility index (Phi) is 2.91. The molecule has 19 heavy (non-hydrogen) atoms. The number of benzene rings is 2. The van der Waals surface area contributed by atoms with Crippen molar-refractivity contribution in [3.63, 3.8) is 0 Å². The van der Waals surface area contributed by atoms with Crippen molar-refractivity contribution < 1.29 is 5.11 Å². The molecule has 0 fully saturated rings. The van der Waals surface area contributed by atoms with Crippen molar-refractivity contribution in [2.75, 3.05) is 0 Å². The number of halogens is 1. The van der Waals surface area contributed by atoms with Crippen molar-refractivity contribution >= 4 is 22.6 Å². The standard InChI is InChI=1S/C15H13ClN2O/c1-2-18-13-6-4-3-5-12(13)17-15(18)11-8-7-10(16)9-14(11)19/h3-9,19H,2H2,1H3. The van der Waals surface area contributed by atoms with Crippen LogP contribution in [0.5, 0.6) is 5.75 Å². The largest absolute Gasteiger partial charge is 0.507 e. The number of hydrogen-bond donors (Lipinski definition) is 1. The van der Waals surface area contributed by atoms with Crippen LogP contribution in [0.4, 0.5) is 0 Å². The molecule has 0 atom stereocenters. The van der Waals surface area contributed by atoms with Gasteiger partial charge < -0.3 is 9.67 Å². The predicted octanol–water partition coefficient (Wildman–Crippen LogP) is 4.08. The average Bonchev–Trinajstić information content (AvgIpc) is 2.76. The van der Waals surface area contributed by atoms with Crippen molar-refractivity contribution in [2.45, 2.75) is 13.5 Å². The summed E-state index contributed by atoms with van der Waals surface area (Å²) in [5.74, 6) is 0.912. The van der Waals surface area contributed by atoms with Crippen molar-refractivity contribution in [3.05, 3.63) is 47.5 Å². The minimum atomic E-state index is 0.150. The molecule has 2 aromatic carbocycles. The summed E-state index contributed by atoms with van der Waals surface area (Å²) in [6, 6.07) is 13.0. The van der Waals surface area contributed by atoms with Gasteiger partial charge in [0.25, 0.3) is 0 Å². The Morgan fingerprint density at radius 2 is 2.00 bits per heavy atom. The number of aromatic nitrogens is 2. The molecule has 0 saturated carbocycles. The van der Waals surface area contributed by atoms with Gasteiger partial charge in [-0.3, -0.25) is 0 Å². The lowest BCUT2D eigenvalue weighted by molar-refractivity contribution is 0.476. The van der Waals surface area contributed by atoms with Gasteiger partial charge >= 0.3 is 0 Å². The van der Waals surface area contributed by atoms with Crippen LogP contribution < -0.4 is 0 Å². The molecule has 0 saturated heterocycles. The van der Waals surface area contributed by atoms with E-state index in [0.29, 0.717) is 10.6 Å². The Morgan fingerprint density at radius 3 is 2.74 bits per heavy atom. The summed E-state index contributed by atoms with van der Waals surface area (Å²) in [6.45, 7) is 2.85. The van der Waals surface area contributed by atoms with Crippen LogP contribution in [0.2, 0.25) is 5.02 Å². The fourth-order valence-electron chi connectivity index (χ4n) is 2.30. The van der Waals surface area contributed by atoms with E-state index in [2.05, 4.69) is 16.5 Å². The van der Waals surface area contributed by atoms with Gasteiger partial charge in [-0.1, -0.05) is 23.7 Å². The number of phenols is 1. The van der Waals surface area contributed by atoms with Crippen LogP contribution in [0.3, 0.4) is 0 Å². The van der Waals surface area contributed by atoms with E-state index in [4.69, 9.17) is 11.6 Å². The molecular weight excluding hydrogens is 260 g/mol. The number of para-hydroxylation sites is 2. The van der Waals surface area contributed by atoms with Gasteiger partial charge in [-0.2, -0.15) is 0 Å². The second-order valence-corrected chi connectivity index (χ2v) is 4.77. The first kappa shape index (κ1) is 12.1. The summed E-state index contributed by atoms with van der Waals surface area (Å²) in [5.41, 5.74) is 2.69. The Morgan fingerprint density at radius 1 is 1.21 bits per heavy atom. The van der Waals surface area contributed by atoms with Crippen molar-refractivity contribution in [1.82, 2.24) is 9.55 Å².